The molecule has 5 aromatic carbocycles. The molecule has 0 radical (unpaired) electrons. The predicted molar refractivity (Wildman–Crippen MR) is 201 cm³/mol. The fourth-order valence-electron chi connectivity index (χ4n) is 5.07. The fraction of sp³-hybridized carbons (Fsp3) is 0.0263. The molecule has 0 saturated heterocycles. The number of nitrogens with one attached hydrogen (secondary N) is 1. The highest BCUT2D eigenvalue weighted by atomic mass is 127. The van der Waals surface area contributed by atoms with Crippen molar-refractivity contribution in [3.05, 3.63) is 163 Å². The number of halogens is 2. The van der Waals surface area contributed by atoms with Crippen molar-refractivity contribution >= 4 is 63.3 Å². The Hall–Kier alpha value is -4.75. The number of benzene rings is 5. The molecule has 0 bridgehead atoms. The van der Waals surface area contributed by atoms with Crippen LogP contribution in [0.1, 0.15) is 31.8 Å². The Kier molecular flexibility index (Phi) is 10.1. The third kappa shape index (κ3) is 7.63. The molecule has 0 aliphatic heterocycles. The highest BCUT2D eigenvalue weighted by molar-refractivity contribution is 14.1. The molecule has 9 heteroatoms. The summed E-state index contributed by atoms with van der Waals surface area (Å²) < 4.78 is 10.0. The molecule has 47 heavy (non-hydrogen) atoms. The van der Waals surface area contributed by atoms with Crippen molar-refractivity contribution in [1.82, 2.24) is 9.99 Å². The third-order valence-electron chi connectivity index (χ3n) is 7.39. The lowest BCUT2D eigenvalue weighted by Gasteiger charge is -2.15. The van der Waals surface area contributed by atoms with Gasteiger partial charge in [0.15, 0.2) is 0 Å². The number of carbonyl (C=O) groups is 2. The van der Waals surface area contributed by atoms with E-state index in [0.29, 0.717) is 12.2 Å². The van der Waals surface area contributed by atoms with Gasteiger partial charge in [0.1, 0.15) is 12.4 Å². The molecule has 0 atom stereocenters. The summed E-state index contributed by atoms with van der Waals surface area (Å²) in [5, 5.41) is 13.3. The molecule has 1 aromatic heterocycles. The van der Waals surface area contributed by atoms with Crippen LogP contribution in [0.25, 0.3) is 28.2 Å². The van der Waals surface area contributed by atoms with E-state index in [4.69, 9.17) is 9.84 Å². The van der Waals surface area contributed by atoms with Gasteiger partial charge < -0.3 is 14.4 Å². The topological polar surface area (TPSA) is 92.9 Å². The number of hydrogen-bond acceptors (Lipinski definition) is 4. The van der Waals surface area contributed by atoms with Crippen LogP contribution in [0, 0.1) is 7.14 Å². The minimum absolute atomic E-state index is 0.234. The molecular weight excluding hydrogens is 816 g/mol. The number of ether oxygens (including phenoxy) is 1. The van der Waals surface area contributed by atoms with Crippen LogP contribution in [-0.2, 0) is 6.61 Å². The molecule has 0 saturated carbocycles. The number of nitrogens with zero attached hydrogens (tertiary/aromatic N) is 2. The van der Waals surface area contributed by atoms with Gasteiger partial charge in [-0.2, -0.15) is 5.10 Å². The molecule has 7 nitrogen and oxygen atoms in total. The van der Waals surface area contributed by atoms with Crippen molar-refractivity contribution in [2.24, 2.45) is 5.10 Å². The van der Waals surface area contributed by atoms with E-state index >= 15 is 0 Å². The minimum atomic E-state index is -0.962. The summed E-state index contributed by atoms with van der Waals surface area (Å²) in [6.07, 6.45) is 1.60. The maximum absolute atomic E-state index is 13.0. The number of carboxylic acids is 1. The number of carbonyl (C=O) groups excluding carboxylic acids is 1. The summed E-state index contributed by atoms with van der Waals surface area (Å²) in [7, 11) is 0. The Bertz CT molecular complexity index is 1980. The summed E-state index contributed by atoms with van der Waals surface area (Å²) in [5.74, 6) is -0.551. The quantitative estimate of drug-likeness (QED) is 0.0819. The Morgan fingerprint density at radius 3 is 1.79 bits per heavy atom. The SMILES string of the molecule is O=C(O)c1ccc(COc2c(I)cc(/C=N\NC(=O)c3ccc(-n4c(-c5ccccc5)ccc4-c4ccccc4)cc3)cc2I)cc1. The predicted octanol–water partition coefficient (Wildman–Crippen LogP) is 9.06. The van der Waals surface area contributed by atoms with Gasteiger partial charge in [0.05, 0.1) is 30.3 Å². The van der Waals surface area contributed by atoms with Crippen molar-refractivity contribution < 1.29 is 19.4 Å². The van der Waals surface area contributed by atoms with Gasteiger partial charge in [0.2, 0.25) is 0 Å². The van der Waals surface area contributed by atoms with Gasteiger partial charge in [-0.05, 0) is 128 Å². The summed E-state index contributed by atoms with van der Waals surface area (Å²) in [5.41, 5.74) is 10.3. The fourth-order valence-corrected chi connectivity index (χ4v) is 7.19. The molecule has 232 valence electrons. The van der Waals surface area contributed by atoms with Crippen LogP contribution < -0.4 is 10.2 Å². The Morgan fingerprint density at radius 1 is 0.723 bits per heavy atom. The molecule has 1 heterocycles. The normalized spacial score (nSPS) is 11.0. The first-order chi connectivity index (χ1) is 22.9. The second-order valence-corrected chi connectivity index (χ2v) is 12.8. The molecule has 0 spiro atoms. The maximum atomic E-state index is 13.0. The van der Waals surface area contributed by atoms with Gasteiger partial charge in [-0.1, -0.05) is 72.8 Å². The average Bonchev–Trinajstić information content (AvgIpc) is 3.54. The van der Waals surface area contributed by atoms with E-state index in [1.165, 1.54) is 0 Å². The molecule has 1 amide bonds. The lowest BCUT2D eigenvalue weighted by atomic mass is 10.1. The molecule has 2 N–H and O–H groups in total. The molecule has 0 aliphatic rings. The van der Waals surface area contributed by atoms with Crippen LogP contribution in [-0.4, -0.2) is 27.8 Å². The van der Waals surface area contributed by atoms with Crippen molar-refractivity contribution in [1.29, 1.82) is 0 Å². The number of hydrazone groups is 1. The van der Waals surface area contributed by atoms with Gasteiger partial charge in [-0.3, -0.25) is 4.79 Å². The summed E-state index contributed by atoms with van der Waals surface area (Å²) in [6.45, 7) is 0.305. The number of carboxylic acid groups (broad SMARTS) is 1. The maximum Gasteiger partial charge on any atom is 0.335 e. The van der Waals surface area contributed by atoms with Crippen molar-refractivity contribution in [3.8, 4) is 34.0 Å². The third-order valence-corrected chi connectivity index (χ3v) is 8.99. The van der Waals surface area contributed by atoms with Crippen molar-refractivity contribution in [2.45, 2.75) is 6.61 Å². The van der Waals surface area contributed by atoms with Crippen LogP contribution in [0.3, 0.4) is 0 Å². The van der Waals surface area contributed by atoms with Crippen molar-refractivity contribution in [3.63, 3.8) is 0 Å². The van der Waals surface area contributed by atoms with E-state index in [1.807, 2.05) is 60.7 Å². The number of aromatic nitrogens is 1. The van der Waals surface area contributed by atoms with Gasteiger partial charge in [0, 0.05) is 11.3 Å². The second kappa shape index (κ2) is 14.8. The Balaban J connectivity index is 1.14. The highest BCUT2D eigenvalue weighted by Crippen LogP contribution is 2.33. The number of rotatable bonds is 10. The summed E-state index contributed by atoms with van der Waals surface area (Å²) in [4.78, 5) is 24.1. The van der Waals surface area contributed by atoms with E-state index in [1.54, 1.807) is 42.6 Å². The van der Waals surface area contributed by atoms with Crippen LogP contribution in [0.5, 0.6) is 5.75 Å². The smallest absolute Gasteiger partial charge is 0.335 e. The first-order valence-electron chi connectivity index (χ1n) is 14.6. The Morgan fingerprint density at radius 2 is 1.26 bits per heavy atom. The van der Waals surface area contributed by atoms with Crippen LogP contribution in [0.2, 0.25) is 0 Å². The molecule has 6 aromatic rings. The zero-order valence-electron chi connectivity index (χ0n) is 24.8. The largest absolute Gasteiger partial charge is 0.487 e. The second-order valence-electron chi connectivity index (χ2n) is 10.5. The number of amides is 1. The van der Waals surface area contributed by atoms with Gasteiger partial charge in [-0.15, -0.1) is 0 Å². The van der Waals surface area contributed by atoms with E-state index in [-0.39, 0.29) is 11.5 Å². The Labute approximate surface area is 299 Å². The standard InChI is InChI=1S/C38H27I2N3O4/c39-32-21-26(22-33(40)36(32)47-24-25-11-13-30(14-12-25)38(45)46)23-41-42-37(44)29-15-17-31(18-16-29)43-34(27-7-3-1-4-8-27)19-20-35(43)28-9-5-2-6-10-28/h1-23H,24H2,(H,42,44)(H,45,46)/b41-23-. The van der Waals surface area contributed by atoms with Gasteiger partial charge in [-0.25, -0.2) is 10.2 Å². The van der Waals surface area contributed by atoms with Crippen molar-refractivity contribution in [2.75, 3.05) is 0 Å². The molecule has 0 fully saturated rings. The van der Waals surface area contributed by atoms with E-state index in [2.05, 4.69) is 96.7 Å². The monoisotopic (exact) mass is 843 g/mol. The molecule has 0 aliphatic carbocycles. The van der Waals surface area contributed by atoms with Crippen LogP contribution in [0.15, 0.2) is 139 Å². The number of aromatic carboxylic acids is 1. The number of hydrogen-bond donors (Lipinski definition) is 2. The minimum Gasteiger partial charge on any atom is -0.487 e. The first kappa shape index (κ1) is 32.2. The summed E-state index contributed by atoms with van der Waals surface area (Å²) in [6, 6.07) is 42.7. The van der Waals surface area contributed by atoms with Crippen LogP contribution >= 0.6 is 45.2 Å². The zero-order chi connectivity index (χ0) is 32.8. The lowest BCUT2D eigenvalue weighted by Crippen LogP contribution is -2.17. The van der Waals surface area contributed by atoms with E-state index in [9.17, 15) is 9.59 Å². The first-order valence-corrected chi connectivity index (χ1v) is 16.7. The zero-order valence-corrected chi connectivity index (χ0v) is 29.1. The lowest BCUT2D eigenvalue weighted by molar-refractivity contribution is 0.0696. The van der Waals surface area contributed by atoms with Crippen LogP contribution in [0.4, 0.5) is 0 Å². The molecular formula is C38H27I2N3O4. The van der Waals surface area contributed by atoms with Gasteiger partial charge in [0.25, 0.3) is 5.91 Å². The molecule has 6 rings (SSSR count). The summed E-state index contributed by atoms with van der Waals surface area (Å²) >= 11 is 4.41. The molecule has 0 unspecified atom stereocenters. The van der Waals surface area contributed by atoms with E-state index < -0.39 is 5.97 Å². The highest BCUT2D eigenvalue weighted by Gasteiger charge is 2.15. The average molecular weight is 843 g/mol. The van der Waals surface area contributed by atoms with E-state index in [0.717, 1.165) is 52.2 Å². The van der Waals surface area contributed by atoms with Gasteiger partial charge >= 0.3 is 5.97 Å².